The third kappa shape index (κ3) is 4.23. The number of hydrogen-bond acceptors (Lipinski definition) is 7. The minimum Gasteiger partial charge on any atom is -0.302 e. The first-order chi connectivity index (χ1) is 10.4. The number of nitrogens with zero attached hydrogens (tertiary/aromatic N) is 3. The van der Waals surface area contributed by atoms with Crippen LogP contribution in [0.4, 0.5) is 5.69 Å². The van der Waals surface area contributed by atoms with Gasteiger partial charge in [-0.25, -0.2) is 8.42 Å². The molecule has 1 aliphatic heterocycles. The summed E-state index contributed by atoms with van der Waals surface area (Å²) in [5.41, 5.74) is -0.116. The Morgan fingerprint density at radius 1 is 1.18 bits per heavy atom. The van der Waals surface area contributed by atoms with Crippen LogP contribution in [0.25, 0.3) is 0 Å². The number of non-ortho nitro benzene ring substituents is 1. The SMILES string of the molecule is CON1CCN(CCS(=O)(=O)c2ccc([N+](=O)[O-])cc2)CC1. The second-order valence-corrected chi connectivity index (χ2v) is 7.13. The van der Waals surface area contributed by atoms with Crippen LogP contribution in [0.2, 0.25) is 0 Å². The summed E-state index contributed by atoms with van der Waals surface area (Å²) < 4.78 is 24.5. The van der Waals surface area contributed by atoms with Crippen molar-refractivity contribution in [3.05, 3.63) is 34.4 Å². The van der Waals surface area contributed by atoms with Crippen molar-refractivity contribution in [1.29, 1.82) is 0 Å². The van der Waals surface area contributed by atoms with Crippen LogP contribution in [-0.4, -0.2) is 68.9 Å². The summed E-state index contributed by atoms with van der Waals surface area (Å²) >= 11 is 0. The quantitative estimate of drug-likeness (QED) is 0.555. The second kappa shape index (κ2) is 7.14. The highest BCUT2D eigenvalue weighted by Crippen LogP contribution is 2.17. The second-order valence-electron chi connectivity index (χ2n) is 5.02. The molecule has 0 spiro atoms. The van der Waals surface area contributed by atoms with E-state index in [9.17, 15) is 18.5 Å². The Bertz CT molecular complexity index is 609. The van der Waals surface area contributed by atoms with E-state index in [4.69, 9.17) is 4.84 Å². The molecule has 1 aromatic rings. The zero-order valence-electron chi connectivity index (χ0n) is 12.3. The molecule has 0 amide bonds. The minimum atomic E-state index is -3.43. The Labute approximate surface area is 129 Å². The lowest BCUT2D eigenvalue weighted by atomic mass is 10.3. The van der Waals surface area contributed by atoms with Gasteiger partial charge in [0.1, 0.15) is 0 Å². The van der Waals surface area contributed by atoms with Crippen LogP contribution in [0.5, 0.6) is 0 Å². The van der Waals surface area contributed by atoms with Crippen molar-refractivity contribution >= 4 is 15.5 Å². The molecule has 9 heteroatoms. The molecule has 0 radical (unpaired) electrons. The topological polar surface area (TPSA) is 93.0 Å². The number of nitro benzene ring substituents is 1. The fourth-order valence-electron chi connectivity index (χ4n) is 2.28. The lowest BCUT2D eigenvalue weighted by Crippen LogP contribution is -2.46. The normalized spacial score (nSPS) is 17.5. The number of nitro groups is 1. The van der Waals surface area contributed by atoms with Gasteiger partial charge < -0.3 is 4.84 Å². The zero-order valence-corrected chi connectivity index (χ0v) is 13.2. The molecule has 22 heavy (non-hydrogen) atoms. The van der Waals surface area contributed by atoms with Crippen LogP contribution in [-0.2, 0) is 14.7 Å². The van der Waals surface area contributed by atoms with Gasteiger partial charge in [0.25, 0.3) is 5.69 Å². The van der Waals surface area contributed by atoms with E-state index in [1.54, 1.807) is 7.11 Å². The van der Waals surface area contributed by atoms with Gasteiger partial charge in [-0.15, -0.1) is 0 Å². The molecular weight excluding hydrogens is 310 g/mol. The first-order valence-corrected chi connectivity index (χ1v) is 8.56. The summed E-state index contributed by atoms with van der Waals surface area (Å²) in [4.78, 5) is 17.3. The Hall–Kier alpha value is -1.55. The number of sulfone groups is 1. The molecule has 0 saturated carbocycles. The molecule has 8 nitrogen and oxygen atoms in total. The van der Waals surface area contributed by atoms with Crippen LogP contribution >= 0.6 is 0 Å². The van der Waals surface area contributed by atoms with Gasteiger partial charge >= 0.3 is 0 Å². The van der Waals surface area contributed by atoms with Crippen LogP contribution in [0.3, 0.4) is 0 Å². The maximum atomic E-state index is 12.2. The number of piperazine rings is 1. The van der Waals surface area contributed by atoms with Crippen molar-refractivity contribution in [3.63, 3.8) is 0 Å². The standard InChI is InChI=1S/C13H19N3O5S/c1-21-15-8-6-14(7-9-15)10-11-22(19,20)13-4-2-12(3-5-13)16(17)18/h2-5H,6-11H2,1H3. The highest BCUT2D eigenvalue weighted by molar-refractivity contribution is 7.91. The fraction of sp³-hybridized carbons (Fsp3) is 0.538. The van der Waals surface area contributed by atoms with E-state index in [2.05, 4.69) is 4.90 Å². The molecule has 0 aliphatic carbocycles. The van der Waals surface area contributed by atoms with Crippen molar-refractivity contribution in [1.82, 2.24) is 9.96 Å². The van der Waals surface area contributed by atoms with Crippen LogP contribution in [0, 0.1) is 10.1 Å². The van der Waals surface area contributed by atoms with E-state index in [0.29, 0.717) is 6.54 Å². The van der Waals surface area contributed by atoms with Gasteiger partial charge in [-0.2, -0.15) is 5.06 Å². The van der Waals surface area contributed by atoms with E-state index in [1.165, 1.54) is 24.3 Å². The molecule has 1 aliphatic rings. The summed E-state index contributed by atoms with van der Waals surface area (Å²) in [6, 6.07) is 5.00. The van der Waals surface area contributed by atoms with Gasteiger partial charge in [-0.3, -0.25) is 15.0 Å². The first kappa shape index (κ1) is 16.8. The maximum absolute atomic E-state index is 12.2. The summed E-state index contributed by atoms with van der Waals surface area (Å²) in [6.07, 6.45) is 0. The van der Waals surface area contributed by atoms with Gasteiger partial charge in [-0.1, -0.05) is 0 Å². The van der Waals surface area contributed by atoms with Gasteiger partial charge in [0.2, 0.25) is 0 Å². The van der Waals surface area contributed by atoms with Gasteiger partial charge in [0, 0.05) is 44.9 Å². The predicted molar refractivity (Wildman–Crippen MR) is 80.2 cm³/mol. The van der Waals surface area contributed by atoms with Crippen molar-refractivity contribution in [3.8, 4) is 0 Å². The summed E-state index contributed by atoms with van der Waals surface area (Å²) in [5, 5.41) is 12.4. The predicted octanol–water partition coefficient (Wildman–Crippen LogP) is 0.547. The molecule has 122 valence electrons. The smallest absolute Gasteiger partial charge is 0.269 e. The van der Waals surface area contributed by atoms with Crippen LogP contribution in [0.1, 0.15) is 0 Å². The number of hydrogen-bond donors (Lipinski definition) is 0. The maximum Gasteiger partial charge on any atom is 0.269 e. The Balaban J connectivity index is 1.92. The first-order valence-electron chi connectivity index (χ1n) is 6.91. The molecular formula is C13H19N3O5S. The molecule has 0 atom stereocenters. The van der Waals surface area contributed by atoms with Crippen molar-refractivity contribution in [2.45, 2.75) is 4.90 Å². The average Bonchev–Trinajstić information content (AvgIpc) is 2.53. The number of rotatable bonds is 6. The summed E-state index contributed by atoms with van der Waals surface area (Å²) in [5.74, 6) is -0.00219. The van der Waals surface area contributed by atoms with Gasteiger partial charge in [0.15, 0.2) is 9.84 Å². The van der Waals surface area contributed by atoms with Crippen LogP contribution in [0.15, 0.2) is 29.2 Å². The molecule has 0 unspecified atom stereocenters. The molecule has 1 heterocycles. The molecule has 1 fully saturated rings. The van der Waals surface area contributed by atoms with E-state index in [0.717, 1.165) is 26.2 Å². The lowest BCUT2D eigenvalue weighted by molar-refractivity contribution is -0.384. The molecule has 2 rings (SSSR count). The van der Waals surface area contributed by atoms with E-state index in [1.807, 2.05) is 5.06 Å². The zero-order chi connectivity index (χ0) is 16.2. The van der Waals surface area contributed by atoms with Crippen molar-refractivity contribution < 1.29 is 18.2 Å². The van der Waals surface area contributed by atoms with E-state index < -0.39 is 14.8 Å². The average molecular weight is 329 g/mol. The van der Waals surface area contributed by atoms with E-state index in [-0.39, 0.29) is 16.3 Å². The lowest BCUT2D eigenvalue weighted by Gasteiger charge is -2.32. The minimum absolute atomic E-state index is 0.00219. The highest BCUT2D eigenvalue weighted by atomic mass is 32.2. The number of hydroxylamine groups is 2. The van der Waals surface area contributed by atoms with E-state index >= 15 is 0 Å². The van der Waals surface area contributed by atoms with Gasteiger partial charge in [0.05, 0.1) is 22.7 Å². The molecule has 1 aromatic carbocycles. The Kier molecular flexibility index (Phi) is 5.46. The van der Waals surface area contributed by atoms with Crippen LogP contribution < -0.4 is 0 Å². The summed E-state index contributed by atoms with van der Waals surface area (Å²) in [7, 11) is -1.81. The fourth-order valence-corrected chi connectivity index (χ4v) is 3.56. The van der Waals surface area contributed by atoms with Crippen molar-refractivity contribution in [2.75, 3.05) is 45.6 Å². The van der Waals surface area contributed by atoms with Crippen molar-refractivity contribution in [2.24, 2.45) is 0 Å². The Morgan fingerprint density at radius 3 is 2.27 bits per heavy atom. The molecule has 0 N–H and O–H groups in total. The highest BCUT2D eigenvalue weighted by Gasteiger charge is 2.21. The largest absolute Gasteiger partial charge is 0.302 e. The van der Waals surface area contributed by atoms with Gasteiger partial charge in [-0.05, 0) is 12.1 Å². The third-order valence-electron chi connectivity index (χ3n) is 3.67. The number of benzene rings is 1. The summed E-state index contributed by atoms with van der Waals surface area (Å²) in [6.45, 7) is 3.44. The third-order valence-corrected chi connectivity index (χ3v) is 5.38. The molecule has 0 aromatic heterocycles. The Morgan fingerprint density at radius 2 is 1.77 bits per heavy atom. The molecule has 1 saturated heterocycles. The molecule has 0 bridgehead atoms. The monoisotopic (exact) mass is 329 g/mol.